The highest BCUT2D eigenvalue weighted by atomic mass is 16.2. The van der Waals surface area contributed by atoms with Crippen molar-refractivity contribution in [2.75, 3.05) is 44.7 Å². The minimum atomic E-state index is 0.0609. The summed E-state index contributed by atoms with van der Waals surface area (Å²) in [5.41, 5.74) is 1.28. The molecule has 2 aliphatic heterocycles. The van der Waals surface area contributed by atoms with Gasteiger partial charge < -0.3 is 9.80 Å². The molecule has 1 aromatic heterocycles. The molecule has 0 radical (unpaired) electrons. The van der Waals surface area contributed by atoms with Gasteiger partial charge in [-0.05, 0) is 44.6 Å². The molecule has 0 bridgehead atoms. The van der Waals surface area contributed by atoms with E-state index in [9.17, 15) is 4.79 Å². The van der Waals surface area contributed by atoms with Crippen molar-refractivity contribution in [1.29, 1.82) is 0 Å². The summed E-state index contributed by atoms with van der Waals surface area (Å²) in [4.78, 5) is 28.7. The molecule has 3 fully saturated rings. The first-order valence-electron chi connectivity index (χ1n) is 10.5. The van der Waals surface area contributed by atoms with Crippen LogP contribution in [0, 0.1) is 5.92 Å². The van der Waals surface area contributed by atoms with Crippen molar-refractivity contribution in [2.45, 2.75) is 57.4 Å². The minimum absolute atomic E-state index is 0.0609. The lowest BCUT2D eigenvalue weighted by atomic mass is 9.86. The maximum atomic E-state index is 12.7. The van der Waals surface area contributed by atoms with Gasteiger partial charge in [-0.1, -0.05) is 13.8 Å². The number of amides is 1. The summed E-state index contributed by atoms with van der Waals surface area (Å²) in [5, 5.41) is 0. The van der Waals surface area contributed by atoms with E-state index in [-0.39, 0.29) is 5.54 Å². The van der Waals surface area contributed by atoms with E-state index in [1.54, 1.807) is 6.33 Å². The second-order valence-corrected chi connectivity index (χ2v) is 9.06. The Morgan fingerprint density at radius 2 is 2.04 bits per heavy atom. The maximum absolute atomic E-state index is 12.7. The first-order chi connectivity index (χ1) is 13.0. The minimum Gasteiger partial charge on any atom is -0.353 e. The Morgan fingerprint density at radius 1 is 1.22 bits per heavy atom. The predicted molar refractivity (Wildman–Crippen MR) is 107 cm³/mol. The van der Waals surface area contributed by atoms with Crippen LogP contribution in [0.5, 0.6) is 0 Å². The standard InChI is InChI=1S/C21H33N5O/c1-16(2)18-12-22-15-23-20(18)26-11-10-24(3)21(14-26)7-6-19(27)25(9-8-21)13-17-4-5-17/h12,15-17H,4-11,13-14H2,1-3H3/t21-/m0/s1. The molecule has 1 amide bonds. The summed E-state index contributed by atoms with van der Waals surface area (Å²) < 4.78 is 0. The number of likely N-dealkylation sites (tertiary alicyclic amines) is 1. The van der Waals surface area contributed by atoms with Gasteiger partial charge >= 0.3 is 0 Å². The predicted octanol–water partition coefficient (Wildman–Crippen LogP) is 2.51. The van der Waals surface area contributed by atoms with Gasteiger partial charge in [0, 0.05) is 56.4 Å². The SMILES string of the molecule is CC(C)c1cncnc1N1CCN(C)[C@]2(CCC(=O)N(CC3CC3)CC2)C1. The Balaban J connectivity index is 1.54. The Morgan fingerprint density at radius 3 is 2.78 bits per heavy atom. The van der Waals surface area contributed by atoms with Crippen LogP contribution in [0.2, 0.25) is 0 Å². The van der Waals surface area contributed by atoms with E-state index in [0.717, 1.165) is 57.3 Å². The number of hydrogen-bond acceptors (Lipinski definition) is 5. The molecule has 148 valence electrons. The third-order valence-corrected chi connectivity index (χ3v) is 6.82. The average molecular weight is 372 g/mol. The third-order valence-electron chi connectivity index (χ3n) is 6.82. The number of carbonyl (C=O) groups is 1. The van der Waals surface area contributed by atoms with Crippen molar-refractivity contribution < 1.29 is 4.79 Å². The van der Waals surface area contributed by atoms with E-state index >= 15 is 0 Å². The Bertz CT molecular complexity index is 689. The van der Waals surface area contributed by atoms with Crippen LogP contribution in [0.25, 0.3) is 0 Å². The van der Waals surface area contributed by atoms with Gasteiger partial charge in [0.05, 0.1) is 0 Å². The fourth-order valence-electron chi connectivity index (χ4n) is 4.68. The van der Waals surface area contributed by atoms with Crippen LogP contribution < -0.4 is 4.90 Å². The summed E-state index contributed by atoms with van der Waals surface area (Å²) in [6.45, 7) is 9.22. The molecule has 0 N–H and O–H groups in total. The highest BCUT2D eigenvalue weighted by molar-refractivity contribution is 5.76. The van der Waals surface area contributed by atoms with Crippen molar-refractivity contribution in [2.24, 2.45) is 5.92 Å². The Labute approximate surface area is 162 Å². The number of piperazine rings is 1. The van der Waals surface area contributed by atoms with Gasteiger partial charge in [-0.15, -0.1) is 0 Å². The summed E-state index contributed by atoms with van der Waals surface area (Å²) >= 11 is 0. The van der Waals surface area contributed by atoms with Gasteiger partial charge in [0.25, 0.3) is 0 Å². The van der Waals surface area contributed by atoms with E-state index in [0.29, 0.717) is 18.2 Å². The number of nitrogens with zero attached hydrogens (tertiary/aromatic N) is 5. The first-order valence-corrected chi connectivity index (χ1v) is 10.5. The highest BCUT2D eigenvalue weighted by Gasteiger charge is 2.43. The van der Waals surface area contributed by atoms with E-state index < -0.39 is 0 Å². The molecule has 0 unspecified atom stereocenters. The zero-order valence-electron chi connectivity index (χ0n) is 17.0. The number of carbonyl (C=O) groups excluding carboxylic acids is 1. The molecule has 4 rings (SSSR count). The van der Waals surface area contributed by atoms with Gasteiger partial charge in [-0.2, -0.15) is 0 Å². The van der Waals surface area contributed by atoms with E-state index in [1.165, 1.54) is 18.4 Å². The van der Waals surface area contributed by atoms with Gasteiger partial charge in [-0.3, -0.25) is 9.69 Å². The van der Waals surface area contributed by atoms with Crippen LogP contribution in [0.3, 0.4) is 0 Å². The summed E-state index contributed by atoms with van der Waals surface area (Å²) in [6, 6.07) is 0. The molecular weight excluding hydrogens is 338 g/mol. The fraction of sp³-hybridized carbons (Fsp3) is 0.762. The fourth-order valence-corrected chi connectivity index (χ4v) is 4.68. The Hall–Kier alpha value is -1.69. The van der Waals surface area contributed by atoms with Crippen molar-refractivity contribution in [1.82, 2.24) is 19.8 Å². The number of aromatic nitrogens is 2. The normalized spacial score (nSPS) is 27.5. The Kier molecular flexibility index (Phi) is 5.10. The van der Waals surface area contributed by atoms with Gasteiger partial charge in [0.1, 0.15) is 12.1 Å². The van der Waals surface area contributed by atoms with E-state index in [1.807, 2.05) is 6.20 Å². The highest BCUT2D eigenvalue weighted by Crippen LogP contribution is 2.37. The molecule has 0 aromatic carbocycles. The molecule has 27 heavy (non-hydrogen) atoms. The zero-order valence-corrected chi connectivity index (χ0v) is 17.0. The summed E-state index contributed by atoms with van der Waals surface area (Å²) in [7, 11) is 2.24. The molecule has 3 heterocycles. The van der Waals surface area contributed by atoms with Crippen LogP contribution >= 0.6 is 0 Å². The van der Waals surface area contributed by atoms with E-state index in [2.05, 4.69) is 45.6 Å². The number of hydrogen-bond donors (Lipinski definition) is 0. The average Bonchev–Trinajstić information content (AvgIpc) is 3.50. The van der Waals surface area contributed by atoms with E-state index in [4.69, 9.17) is 0 Å². The number of anilines is 1. The van der Waals surface area contributed by atoms with Crippen LogP contribution in [-0.4, -0.2) is 71.0 Å². The third kappa shape index (κ3) is 3.82. The second kappa shape index (κ2) is 7.38. The molecule has 1 spiro atoms. The van der Waals surface area contributed by atoms with Crippen molar-refractivity contribution in [3.8, 4) is 0 Å². The molecule has 6 nitrogen and oxygen atoms in total. The van der Waals surface area contributed by atoms with Crippen LogP contribution in [0.1, 0.15) is 57.4 Å². The lowest BCUT2D eigenvalue weighted by Gasteiger charge is -2.50. The van der Waals surface area contributed by atoms with Crippen LogP contribution in [0.15, 0.2) is 12.5 Å². The summed E-state index contributed by atoms with van der Waals surface area (Å²) in [5.74, 6) is 2.60. The lowest BCUT2D eigenvalue weighted by Crippen LogP contribution is -2.61. The molecular formula is C21H33N5O. The molecule has 1 atom stereocenters. The smallest absolute Gasteiger partial charge is 0.222 e. The maximum Gasteiger partial charge on any atom is 0.222 e. The van der Waals surface area contributed by atoms with Crippen molar-refractivity contribution >= 4 is 11.7 Å². The van der Waals surface area contributed by atoms with Gasteiger partial charge in [0.2, 0.25) is 5.91 Å². The zero-order chi connectivity index (χ0) is 19.0. The largest absolute Gasteiger partial charge is 0.353 e. The van der Waals surface area contributed by atoms with Crippen molar-refractivity contribution in [3.63, 3.8) is 0 Å². The molecule has 1 aromatic rings. The number of likely N-dealkylation sites (N-methyl/N-ethyl adjacent to an activating group) is 1. The quantitative estimate of drug-likeness (QED) is 0.814. The molecule has 6 heteroatoms. The van der Waals surface area contributed by atoms with Crippen molar-refractivity contribution in [3.05, 3.63) is 18.1 Å². The van der Waals surface area contributed by atoms with Gasteiger partial charge in [0.15, 0.2) is 0 Å². The van der Waals surface area contributed by atoms with Crippen LogP contribution in [-0.2, 0) is 4.79 Å². The van der Waals surface area contributed by atoms with Gasteiger partial charge in [-0.25, -0.2) is 9.97 Å². The van der Waals surface area contributed by atoms with Crippen LogP contribution in [0.4, 0.5) is 5.82 Å². The summed E-state index contributed by atoms with van der Waals surface area (Å²) in [6.07, 6.45) is 8.91. The number of rotatable bonds is 4. The molecule has 1 saturated carbocycles. The monoisotopic (exact) mass is 371 g/mol. The first kappa shape index (κ1) is 18.7. The topological polar surface area (TPSA) is 52.6 Å². The molecule has 3 aliphatic rings. The molecule has 1 aliphatic carbocycles. The molecule has 2 saturated heterocycles. The second-order valence-electron chi connectivity index (χ2n) is 9.06. The lowest BCUT2D eigenvalue weighted by molar-refractivity contribution is -0.130.